The molecule has 0 unspecified atom stereocenters. The van der Waals surface area contributed by atoms with Crippen LogP contribution in [0.25, 0.3) is 28.1 Å². The third-order valence-corrected chi connectivity index (χ3v) is 5.14. The number of pyridine rings is 1. The Morgan fingerprint density at radius 3 is 2.69 bits per heavy atom. The second-order valence-electron chi connectivity index (χ2n) is 7.02. The lowest BCUT2D eigenvalue weighted by Gasteiger charge is -2.10. The summed E-state index contributed by atoms with van der Waals surface area (Å²) in [6, 6.07) is 20.8. The van der Waals surface area contributed by atoms with Crippen LogP contribution in [0.1, 0.15) is 17.8 Å². The van der Waals surface area contributed by atoms with Crippen molar-refractivity contribution in [2.75, 3.05) is 0 Å². The van der Waals surface area contributed by atoms with Crippen LogP contribution >= 0.6 is 0 Å². The van der Waals surface area contributed by atoms with Gasteiger partial charge in [0, 0.05) is 12.7 Å². The molecule has 0 N–H and O–H groups in total. The summed E-state index contributed by atoms with van der Waals surface area (Å²) in [7, 11) is 0. The van der Waals surface area contributed by atoms with E-state index in [4.69, 9.17) is 10.4 Å². The van der Waals surface area contributed by atoms with E-state index in [0.29, 0.717) is 13.0 Å². The largest absolute Gasteiger partial charge is 0.333 e. The van der Waals surface area contributed by atoms with Crippen molar-refractivity contribution in [3.8, 4) is 17.5 Å². The lowest BCUT2D eigenvalue weighted by atomic mass is 10.2. The molecule has 0 saturated carbocycles. The summed E-state index contributed by atoms with van der Waals surface area (Å²) in [4.78, 5) is 0. The standard InChI is InChI=1S/C22H19N7/c1-16-24-25-22-9-8-19-21(29(16)22)14-20(18-10-13-27(26-18)12-5-11-23)28(19)15-17-6-3-2-4-7-17/h2-4,6-10,13-14H,5,12,15H2,1H3. The molecule has 0 fully saturated rings. The van der Waals surface area contributed by atoms with Crippen molar-refractivity contribution in [3.63, 3.8) is 0 Å². The molecule has 0 saturated heterocycles. The van der Waals surface area contributed by atoms with Crippen LogP contribution in [0.2, 0.25) is 0 Å². The van der Waals surface area contributed by atoms with Crippen LogP contribution in [0.5, 0.6) is 0 Å². The van der Waals surface area contributed by atoms with E-state index in [1.54, 1.807) is 0 Å². The molecule has 0 aliphatic carbocycles. The van der Waals surface area contributed by atoms with E-state index in [-0.39, 0.29) is 0 Å². The zero-order valence-corrected chi connectivity index (χ0v) is 16.0. The molecule has 0 amide bonds. The maximum absolute atomic E-state index is 8.85. The Labute approximate surface area is 167 Å². The van der Waals surface area contributed by atoms with Gasteiger partial charge in [-0.05, 0) is 36.8 Å². The van der Waals surface area contributed by atoms with E-state index in [0.717, 1.165) is 40.4 Å². The SMILES string of the molecule is Cc1nnc2ccc3c(cc(-c4ccn(CCC#N)n4)n3Cc3ccccc3)n12. The molecule has 0 atom stereocenters. The molecule has 142 valence electrons. The van der Waals surface area contributed by atoms with Crippen molar-refractivity contribution in [2.45, 2.75) is 26.4 Å². The summed E-state index contributed by atoms with van der Waals surface area (Å²) in [5.74, 6) is 0.855. The molecule has 4 aromatic heterocycles. The molecule has 0 aliphatic heterocycles. The Hall–Kier alpha value is -3.92. The maximum Gasteiger partial charge on any atom is 0.161 e. The third-order valence-electron chi connectivity index (χ3n) is 5.14. The van der Waals surface area contributed by atoms with E-state index < -0.39 is 0 Å². The summed E-state index contributed by atoms with van der Waals surface area (Å²) in [6.07, 6.45) is 2.37. The van der Waals surface area contributed by atoms with Crippen LogP contribution in [0.3, 0.4) is 0 Å². The number of nitriles is 1. The first kappa shape index (κ1) is 17.2. The smallest absolute Gasteiger partial charge is 0.161 e. The predicted octanol–water partition coefficient (Wildman–Crippen LogP) is 3.82. The second kappa shape index (κ2) is 6.91. The molecule has 29 heavy (non-hydrogen) atoms. The molecule has 4 heterocycles. The monoisotopic (exact) mass is 381 g/mol. The lowest BCUT2D eigenvalue weighted by Crippen LogP contribution is -2.03. The van der Waals surface area contributed by atoms with Crippen molar-refractivity contribution in [1.29, 1.82) is 5.26 Å². The highest BCUT2D eigenvalue weighted by Gasteiger charge is 2.17. The summed E-state index contributed by atoms with van der Waals surface area (Å²) < 4.78 is 6.18. The van der Waals surface area contributed by atoms with Crippen LogP contribution in [-0.4, -0.2) is 28.9 Å². The molecular weight excluding hydrogens is 362 g/mol. The highest BCUT2D eigenvalue weighted by Crippen LogP contribution is 2.29. The predicted molar refractivity (Wildman–Crippen MR) is 110 cm³/mol. The minimum atomic E-state index is 0.439. The number of hydrogen-bond acceptors (Lipinski definition) is 4. The Bertz CT molecular complexity index is 1350. The second-order valence-corrected chi connectivity index (χ2v) is 7.02. The molecule has 7 heteroatoms. The summed E-state index contributed by atoms with van der Waals surface area (Å²) in [5.41, 5.74) is 6.12. The van der Waals surface area contributed by atoms with Crippen molar-refractivity contribution in [2.24, 2.45) is 0 Å². The number of benzene rings is 1. The minimum absolute atomic E-state index is 0.439. The Morgan fingerprint density at radius 2 is 1.86 bits per heavy atom. The van der Waals surface area contributed by atoms with Crippen LogP contribution in [0.4, 0.5) is 0 Å². The Kier molecular flexibility index (Phi) is 4.10. The van der Waals surface area contributed by atoms with E-state index in [1.165, 1.54) is 5.56 Å². The summed E-state index contributed by atoms with van der Waals surface area (Å²) in [6.45, 7) is 3.28. The number of fused-ring (bicyclic) bond motifs is 3. The summed E-state index contributed by atoms with van der Waals surface area (Å²) >= 11 is 0. The Balaban J connectivity index is 1.71. The molecule has 0 bridgehead atoms. The van der Waals surface area contributed by atoms with Gasteiger partial charge in [0.25, 0.3) is 0 Å². The van der Waals surface area contributed by atoms with Crippen molar-refractivity contribution in [3.05, 3.63) is 72.2 Å². The van der Waals surface area contributed by atoms with Gasteiger partial charge in [-0.2, -0.15) is 10.4 Å². The van der Waals surface area contributed by atoms with Crippen LogP contribution in [-0.2, 0) is 13.1 Å². The van der Waals surface area contributed by atoms with Gasteiger partial charge >= 0.3 is 0 Å². The lowest BCUT2D eigenvalue weighted by molar-refractivity contribution is 0.628. The average Bonchev–Trinajstić information content (AvgIpc) is 3.45. The fourth-order valence-electron chi connectivity index (χ4n) is 3.78. The van der Waals surface area contributed by atoms with Gasteiger partial charge in [-0.15, -0.1) is 10.2 Å². The van der Waals surface area contributed by atoms with Gasteiger partial charge in [0.1, 0.15) is 11.5 Å². The van der Waals surface area contributed by atoms with Crippen LogP contribution < -0.4 is 0 Å². The molecule has 0 spiro atoms. The number of aromatic nitrogens is 6. The van der Waals surface area contributed by atoms with E-state index in [1.807, 2.05) is 36.0 Å². The highest BCUT2D eigenvalue weighted by molar-refractivity contribution is 5.86. The molecule has 5 aromatic rings. The van der Waals surface area contributed by atoms with Gasteiger partial charge in [-0.25, -0.2) is 0 Å². The topological polar surface area (TPSA) is 76.7 Å². The van der Waals surface area contributed by atoms with E-state index in [9.17, 15) is 0 Å². The molecule has 7 nitrogen and oxygen atoms in total. The number of nitrogens with zero attached hydrogens (tertiary/aromatic N) is 7. The quantitative estimate of drug-likeness (QED) is 0.464. The minimum Gasteiger partial charge on any atom is -0.333 e. The van der Waals surface area contributed by atoms with Gasteiger partial charge in [0.05, 0.1) is 35.8 Å². The average molecular weight is 381 g/mol. The van der Waals surface area contributed by atoms with Crippen molar-refractivity contribution >= 4 is 16.7 Å². The van der Waals surface area contributed by atoms with Crippen LogP contribution in [0, 0.1) is 18.3 Å². The first-order valence-electron chi connectivity index (χ1n) is 9.53. The number of rotatable bonds is 5. The van der Waals surface area contributed by atoms with Crippen LogP contribution in [0.15, 0.2) is 60.8 Å². The zero-order valence-electron chi connectivity index (χ0n) is 16.0. The normalized spacial score (nSPS) is 11.3. The molecule has 1 aromatic carbocycles. The number of aryl methyl sites for hydroxylation is 2. The van der Waals surface area contributed by atoms with Gasteiger partial charge in [0.2, 0.25) is 0 Å². The maximum atomic E-state index is 8.85. The zero-order chi connectivity index (χ0) is 19.8. The fourth-order valence-corrected chi connectivity index (χ4v) is 3.78. The van der Waals surface area contributed by atoms with Gasteiger partial charge in [-0.3, -0.25) is 9.08 Å². The van der Waals surface area contributed by atoms with Gasteiger partial charge < -0.3 is 4.57 Å². The van der Waals surface area contributed by atoms with E-state index >= 15 is 0 Å². The van der Waals surface area contributed by atoms with Crippen molar-refractivity contribution < 1.29 is 0 Å². The first-order chi connectivity index (χ1) is 14.2. The van der Waals surface area contributed by atoms with Gasteiger partial charge in [0.15, 0.2) is 5.65 Å². The first-order valence-corrected chi connectivity index (χ1v) is 9.53. The van der Waals surface area contributed by atoms with Crippen molar-refractivity contribution in [1.82, 2.24) is 28.9 Å². The number of hydrogen-bond donors (Lipinski definition) is 0. The highest BCUT2D eigenvalue weighted by atomic mass is 15.3. The molecular formula is C22H19N7. The summed E-state index contributed by atoms with van der Waals surface area (Å²) in [5, 5.41) is 22.0. The van der Waals surface area contributed by atoms with E-state index in [2.05, 4.69) is 61.6 Å². The molecule has 5 rings (SSSR count). The molecule has 0 aliphatic rings. The third kappa shape index (κ3) is 2.95. The molecule has 0 radical (unpaired) electrons. The van der Waals surface area contributed by atoms with Gasteiger partial charge in [-0.1, -0.05) is 30.3 Å². The Morgan fingerprint density at radius 1 is 1.00 bits per heavy atom. The fraction of sp³-hybridized carbons (Fsp3) is 0.182.